The molecule has 4 bridgehead atoms. The van der Waals surface area contributed by atoms with Gasteiger partial charge in [0.2, 0.25) is 5.91 Å². The average molecular weight is 380 g/mol. The Morgan fingerprint density at radius 2 is 1.56 bits per heavy atom. The number of carbonyl (C=O) groups excluding carboxylic acids is 1. The lowest BCUT2D eigenvalue weighted by atomic mass is 9.48. The molecule has 1 aromatic rings. The maximum absolute atomic E-state index is 13.8. The van der Waals surface area contributed by atoms with Gasteiger partial charge in [-0.3, -0.25) is 4.79 Å². The van der Waals surface area contributed by atoms with Crippen LogP contribution in [0.4, 0.5) is 18.9 Å². The highest BCUT2D eigenvalue weighted by Gasteiger charge is 2.53. The summed E-state index contributed by atoms with van der Waals surface area (Å²) in [5.41, 5.74) is -0.0914. The number of nitrogens with one attached hydrogen (secondary N) is 2. The van der Waals surface area contributed by atoms with Crippen LogP contribution in [0, 0.1) is 40.6 Å². The number of rotatable bonds is 5. The molecule has 0 radical (unpaired) electrons. The molecule has 0 spiro atoms. The average Bonchev–Trinajstić information content (AvgIpc) is 2.61. The predicted octanol–water partition coefficient (Wildman–Crippen LogP) is 4.63. The molecule has 27 heavy (non-hydrogen) atoms. The fourth-order valence-electron chi connectivity index (χ4n) is 6.20. The zero-order valence-electron chi connectivity index (χ0n) is 15.8. The molecule has 0 aromatic heterocycles. The molecule has 6 heteroatoms. The molecule has 1 amide bonds. The van der Waals surface area contributed by atoms with Gasteiger partial charge in [-0.05, 0) is 87.7 Å². The van der Waals surface area contributed by atoms with Gasteiger partial charge in [-0.2, -0.15) is 0 Å². The van der Waals surface area contributed by atoms with Gasteiger partial charge in [0.1, 0.15) is 0 Å². The summed E-state index contributed by atoms with van der Waals surface area (Å²) in [5.74, 6) is -2.20. The monoisotopic (exact) mass is 380 g/mol. The van der Waals surface area contributed by atoms with Crippen LogP contribution in [0.5, 0.6) is 0 Å². The molecule has 0 aliphatic heterocycles. The van der Waals surface area contributed by atoms with Gasteiger partial charge >= 0.3 is 0 Å². The van der Waals surface area contributed by atoms with E-state index in [2.05, 4.69) is 17.6 Å². The number of carbonyl (C=O) groups is 1. The first-order valence-electron chi connectivity index (χ1n) is 9.98. The van der Waals surface area contributed by atoms with Crippen molar-refractivity contribution < 1.29 is 18.0 Å². The van der Waals surface area contributed by atoms with Gasteiger partial charge in [-0.25, -0.2) is 13.2 Å². The highest BCUT2D eigenvalue weighted by molar-refractivity contribution is 5.94. The van der Waals surface area contributed by atoms with Crippen LogP contribution in [0.2, 0.25) is 0 Å². The van der Waals surface area contributed by atoms with Gasteiger partial charge in [-0.15, -0.1) is 0 Å². The Balaban J connectivity index is 1.41. The van der Waals surface area contributed by atoms with Crippen LogP contribution in [0.15, 0.2) is 12.1 Å². The molecule has 2 N–H and O–H groups in total. The van der Waals surface area contributed by atoms with Crippen LogP contribution in [0.25, 0.3) is 0 Å². The van der Waals surface area contributed by atoms with E-state index in [1.165, 1.54) is 38.5 Å². The Morgan fingerprint density at radius 1 is 1.00 bits per heavy atom. The van der Waals surface area contributed by atoms with E-state index in [4.69, 9.17) is 0 Å². The maximum Gasteiger partial charge on any atom is 0.241 e. The molecule has 4 aliphatic rings. The third kappa shape index (κ3) is 3.37. The normalized spacial score (nSPS) is 33.7. The van der Waals surface area contributed by atoms with Crippen molar-refractivity contribution in [3.63, 3.8) is 0 Å². The second-order valence-corrected chi connectivity index (χ2v) is 9.10. The van der Waals surface area contributed by atoms with Crippen LogP contribution < -0.4 is 10.6 Å². The summed E-state index contributed by atoms with van der Waals surface area (Å²) in [4.78, 5) is 12.5. The van der Waals surface area contributed by atoms with E-state index in [9.17, 15) is 18.0 Å². The van der Waals surface area contributed by atoms with E-state index in [0.29, 0.717) is 0 Å². The fourth-order valence-corrected chi connectivity index (χ4v) is 6.20. The zero-order chi connectivity index (χ0) is 19.3. The van der Waals surface area contributed by atoms with E-state index in [1.54, 1.807) is 6.92 Å². The lowest BCUT2D eigenvalue weighted by Gasteiger charge is -2.59. The minimum Gasteiger partial charge on any atom is -0.322 e. The molecule has 4 aliphatic carbocycles. The standard InChI is InChI=1S/C21H27F3N2O/c1-11(20(27)26-17-4-3-16(22)18(23)19(17)24)25-12(2)21-8-13-5-14(9-21)7-15(6-13)10-21/h3-4,11-15,25H,5-10H2,1-2H3,(H,26,27)/t11-,12+,13?,14?,15?,21?/m0/s1. The highest BCUT2D eigenvalue weighted by atomic mass is 19.2. The quantitative estimate of drug-likeness (QED) is 0.732. The fraction of sp³-hybridized carbons (Fsp3) is 0.667. The lowest BCUT2D eigenvalue weighted by molar-refractivity contribution is -0.119. The van der Waals surface area contributed by atoms with Crippen molar-refractivity contribution >= 4 is 11.6 Å². The lowest BCUT2D eigenvalue weighted by Crippen LogP contribution is -2.57. The second-order valence-electron chi connectivity index (χ2n) is 9.10. The number of benzene rings is 1. The van der Waals surface area contributed by atoms with Crippen LogP contribution in [0.1, 0.15) is 52.4 Å². The molecule has 1 aromatic carbocycles. The third-order valence-corrected chi connectivity index (χ3v) is 7.19. The number of hydrogen-bond acceptors (Lipinski definition) is 2. The van der Waals surface area contributed by atoms with Crippen molar-refractivity contribution in [3.8, 4) is 0 Å². The predicted molar refractivity (Wildman–Crippen MR) is 97.6 cm³/mol. The summed E-state index contributed by atoms with van der Waals surface area (Å²) in [5, 5.41) is 5.77. The largest absolute Gasteiger partial charge is 0.322 e. The van der Waals surface area contributed by atoms with Crippen molar-refractivity contribution in [1.82, 2.24) is 5.32 Å². The number of amides is 1. The van der Waals surface area contributed by atoms with Crippen molar-refractivity contribution in [1.29, 1.82) is 0 Å². The van der Waals surface area contributed by atoms with E-state index in [-0.39, 0.29) is 17.1 Å². The first-order valence-corrected chi connectivity index (χ1v) is 9.98. The van der Waals surface area contributed by atoms with Gasteiger partial charge in [0.05, 0.1) is 11.7 Å². The van der Waals surface area contributed by atoms with E-state index < -0.39 is 29.4 Å². The molecule has 5 rings (SSSR count). The van der Waals surface area contributed by atoms with Crippen molar-refractivity contribution in [2.75, 3.05) is 5.32 Å². The van der Waals surface area contributed by atoms with Crippen LogP contribution in [0.3, 0.4) is 0 Å². The molecule has 148 valence electrons. The van der Waals surface area contributed by atoms with E-state index in [0.717, 1.165) is 29.9 Å². The number of anilines is 1. The Bertz CT molecular complexity index is 716. The van der Waals surface area contributed by atoms with Crippen molar-refractivity contribution in [2.24, 2.45) is 23.2 Å². The Morgan fingerprint density at radius 3 is 2.11 bits per heavy atom. The minimum absolute atomic E-state index is 0.182. The number of halogens is 3. The van der Waals surface area contributed by atoms with Gasteiger partial charge in [0.25, 0.3) is 0 Å². The molecule has 3 nitrogen and oxygen atoms in total. The summed E-state index contributed by atoms with van der Waals surface area (Å²) in [6.45, 7) is 3.87. The van der Waals surface area contributed by atoms with Gasteiger partial charge < -0.3 is 10.6 Å². The zero-order valence-corrected chi connectivity index (χ0v) is 15.8. The molecule has 4 saturated carbocycles. The Labute approximate surface area is 158 Å². The van der Waals surface area contributed by atoms with Crippen LogP contribution in [-0.4, -0.2) is 18.0 Å². The molecule has 4 fully saturated rings. The summed E-state index contributed by atoms with van der Waals surface area (Å²) in [6, 6.07) is 1.48. The Kier molecular flexibility index (Phi) is 4.73. The third-order valence-electron chi connectivity index (χ3n) is 7.19. The van der Waals surface area contributed by atoms with E-state index in [1.807, 2.05) is 0 Å². The second kappa shape index (κ2) is 6.80. The summed E-state index contributed by atoms with van der Waals surface area (Å²) < 4.78 is 40.2. The maximum atomic E-state index is 13.8. The van der Waals surface area contributed by atoms with Crippen molar-refractivity contribution in [2.45, 2.75) is 64.5 Å². The summed E-state index contributed by atoms with van der Waals surface area (Å²) in [6.07, 6.45) is 7.74. The summed E-state index contributed by atoms with van der Waals surface area (Å²) in [7, 11) is 0. The molecular formula is C21H27F3N2O. The van der Waals surface area contributed by atoms with Crippen LogP contribution >= 0.6 is 0 Å². The molecule has 0 heterocycles. The number of hydrogen-bond donors (Lipinski definition) is 2. The van der Waals surface area contributed by atoms with Gasteiger partial charge in [0.15, 0.2) is 17.5 Å². The van der Waals surface area contributed by atoms with Crippen LogP contribution in [-0.2, 0) is 4.79 Å². The molecule has 0 unspecified atom stereocenters. The molecule has 0 saturated heterocycles. The molecule has 2 atom stereocenters. The first kappa shape index (κ1) is 18.8. The minimum atomic E-state index is -1.57. The van der Waals surface area contributed by atoms with Crippen molar-refractivity contribution in [3.05, 3.63) is 29.6 Å². The highest BCUT2D eigenvalue weighted by Crippen LogP contribution is 2.61. The molecular weight excluding hydrogens is 353 g/mol. The topological polar surface area (TPSA) is 41.1 Å². The SMILES string of the molecule is C[C@H](N[C@H](C)C12CC3CC(CC(C3)C1)C2)C(=O)Nc1ccc(F)c(F)c1F. The summed E-state index contributed by atoms with van der Waals surface area (Å²) >= 11 is 0. The van der Waals surface area contributed by atoms with E-state index >= 15 is 0 Å². The first-order chi connectivity index (χ1) is 12.8. The smallest absolute Gasteiger partial charge is 0.241 e. The van der Waals surface area contributed by atoms with Gasteiger partial charge in [0, 0.05) is 6.04 Å². The van der Waals surface area contributed by atoms with Gasteiger partial charge in [-0.1, -0.05) is 0 Å². The Hall–Kier alpha value is -1.56.